The van der Waals surface area contributed by atoms with Gasteiger partial charge in [0, 0.05) is 68.6 Å². The first-order valence-corrected chi connectivity index (χ1v) is 11.0. The molecule has 2 aliphatic heterocycles. The highest BCUT2D eigenvalue weighted by Crippen LogP contribution is 2.34. The van der Waals surface area contributed by atoms with Crippen molar-refractivity contribution in [2.24, 2.45) is 5.92 Å². The molecule has 1 atom stereocenters. The molecule has 5 rings (SSSR count). The number of anilines is 1. The Bertz CT molecular complexity index is 1040. The summed E-state index contributed by atoms with van der Waals surface area (Å²) in [7, 11) is 1.74. The van der Waals surface area contributed by atoms with E-state index in [4.69, 9.17) is 4.74 Å². The second kappa shape index (κ2) is 8.22. The third-order valence-corrected chi connectivity index (χ3v) is 6.75. The molecule has 1 amide bonds. The Hall–Kier alpha value is -2.67. The molecule has 3 aromatic heterocycles. The number of amides is 1. The van der Waals surface area contributed by atoms with Gasteiger partial charge in [0.05, 0.1) is 17.8 Å². The summed E-state index contributed by atoms with van der Waals surface area (Å²) in [5.74, 6) is 0.753. The number of rotatable bonds is 4. The molecule has 0 radical (unpaired) electrons. The topological polar surface area (TPSA) is 74.3 Å². The summed E-state index contributed by atoms with van der Waals surface area (Å²) in [5, 5.41) is 2.28. The van der Waals surface area contributed by atoms with Crippen LogP contribution in [0.3, 0.4) is 0 Å². The minimum absolute atomic E-state index is 0.198. The number of carbonyl (C=O) groups is 1. The van der Waals surface area contributed by atoms with E-state index in [-0.39, 0.29) is 6.10 Å². The van der Waals surface area contributed by atoms with Gasteiger partial charge in [-0.3, -0.25) is 9.78 Å². The maximum Gasteiger partial charge on any atom is 0.222 e. The van der Waals surface area contributed by atoms with Crippen molar-refractivity contribution in [3.63, 3.8) is 0 Å². The van der Waals surface area contributed by atoms with Gasteiger partial charge in [0.1, 0.15) is 5.65 Å². The summed E-state index contributed by atoms with van der Waals surface area (Å²) in [5.41, 5.74) is 3.04. The molecule has 0 bridgehead atoms. The van der Waals surface area contributed by atoms with Crippen molar-refractivity contribution in [3.05, 3.63) is 30.7 Å². The van der Waals surface area contributed by atoms with Gasteiger partial charge in [0.2, 0.25) is 5.91 Å². The Morgan fingerprint density at radius 3 is 2.90 bits per heavy atom. The van der Waals surface area contributed by atoms with Crippen LogP contribution in [0.15, 0.2) is 30.7 Å². The van der Waals surface area contributed by atoms with Gasteiger partial charge in [-0.05, 0) is 43.7 Å². The molecule has 2 fully saturated rings. The van der Waals surface area contributed by atoms with Crippen LogP contribution in [-0.2, 0) is 9.53 Å². The Morgan fingerprint density at radius 1 is 1.20 bits per heavy atom. The van der Waals surface area contributed by atoms with Crippen molar-refractivity contribution >= 4 is 33.5 Å². The lowest BCUT2D eigenvalue weighted by molar-refractivity contribution is -0.135. The Labute approximate surface area is 176 Å². The number of hydrogen-bond acceptors (Lipinski definition) is 5. The summed E-state index contributed by atoms with van der Waals surface area (Å²) >= 11 is 0. The van der Waals surface area contributed by atoms with Gasteiger partial charge in [-0.1, -0.05) is 0 Å². The molecule has 0 saturated carbocycles. The summed E-state index contributed by atoms with van der Waals surface area (Å²) in [6, 6.07) is 4.19. The summed E-state index contributed by atoms with van der Waals surface area (Å²) < 4.78 is 5.47. The van der Waals surface area contributed by atoms with Crippen molar-refractivity contribution in [2.45, 2.75) is 38.2 Å². The van der Waals surface area contributed by atoms with Gasteiger partial charge in [-0.2, -0.15) is 0 Å². The molecule has 1 unspecified atom stereocenters. The predicted octanol–water partition coefficient (Wildman–Crippen LogP) is 3.36. The number of nitrogens with zero attached hydrogens (tertiary/aromatic N) is 4. The van der Waals surface area contributed by atoms with Gasteiger partial charge < -0.3 is 19.5 Å². The monoisotopic (exact) mass is 407 g/mol. The van der Waals surface area contributed by atoms with Crippen molar-refractivity contribution in [3.8, 4) is 0 Å². The lowest BCUT2D eigenvalue weighted by Crippen LogP contribution is -2.44. The zero-order chi connectivity index (χ0) is 20.5. The average Bonchev–Trinajstić information content (AvgIpc) is 3.28. The van der Waals surface area contributed by atoms with E-state index >= 15 is 0 Å². The van der Waals surface area contributed by atoms with Crippen LogP contribution in [0, 0.1) is 5.92 Å². The third-order valence-electron chi connectivity index (χ3n) is 6.75. The highest BCUT2D eigenvalue weighted by Gasteiger charge is 2.28. The highest BCUT2D eigenvalue weighted by molar-refractivity contribution is 6.09. The van der Waals surface area contributed by atoms with Gasteiger partial charge in [-0.25, -0.2) is 4.98 Å². The van der Waals surface area contributed by atoms with Crippen LogP contribution in [0.4, 0.5) is 5.69 Å². The number of hydrogen-bond donors (Lipinski definition) is 1. The van der Waals surface area contributed by atoms with Gasteiger partial charge in [0.25, 0.3) is 0 Å². The van der Waals surface area contributed by atoms with Crippen LogP contribution in [0.5, 0.6) is 0 Å². The molecule has 5 heterocycles. The van der Waals surface area contributed by atoms with E-state index in [1.54, 1.807) is 7.11 Å². The van der Waals surface area contributed by atoms with Crippen LogP contribution in [0.1, 0.15) is 32.1 Å². The Kier molecular flexibility index (Phi) is 5.29. The Morgan fingerprint density at radius 2 is 2.07 bits per heavy atom. The maximum absolute atomic E-state index is 12.8. The Balaban J connectivity index is 1.26. The fraction of sp³-hybridized carbons (Fsp3) is 0.522. The first kappa shape index (κ1) is 19.3. The van der Waals surface area contributed by atoms with Crippen LogP contribution in [0.2, 0.25) is 0 Å². The number of pyridine rings is 2. The van der Waals surface area contributed by atoms with Crippen LogP contribution >= 0.6 is 0 Å². The van der Waals surface area contributed by atoms with E-state index in [9.17, 15) is 4.79 Å². The van der Waals surface area contributed by atoms with E-state index in [1.165, 1.54) is 5.69 Å². The van der Waals surface area contributed by atoms with Crippen molar-refractivity contribution in [2.75, 3.05) is 38.2 Å². The number of H-pyrrole nitrogens is 1. The van der Waals surface area contributed by atoms with Crippen LogP contribution < -0.4 is 4.90 Å². The fourth-order valence-corrected chi connectivity index (χ4v) is 5.01. The molecular formula is C23H29N5O2. The first-order chi connectivity index (χ1) is 14.7. The molecule has 2 aliphatic rings. The summed E-state index contributed by atoms with van der Waals surface area (Å²) in [6.45, 7) is 3.55. The van der Waals surface area contributed by atoms with Gasteiger partial charge >= 0.3 is 0 Å². The van der Waals surface area contributed by atoms with Crippen molar-refractivity contribution < 1.29 is 9.53 Å². The quantitative estimate of drug-likeness (QED) is 0.718. The normalized spacial score (nSPS) is 20.9. The molecule has 7 nitrogen and oxygen atoms in total. The molecule has 0 aromatic carbocycles. The molecular weight excluding hydrogens is 378 g/mol. The van der Waals surface area contributed by atoms with Gasteiger partial charge in [-0.15, -0.1) is 0 Å². The SMILES string of the molecule is COC1CCCN(C(=O)CC2CCN(c3ccnc4cnc5[nH]ccc5c34)CC2)C1. The standard InChI is InChI=1S/C23H29N5O2/c1-30-17-3-2-10-28(15-17)21(29)13-16-6-11-27(12-7-16)20-5-9-24-19-14-26-23-18(22(19)20)4-8-25-23/h4-5,8-9,14,16-17H,2-3,6-7,10-13,15H2,1H3,(H,25,26). The minimum Gasteiger partial charge on any atom is -0.380 e. The first-order valence-electron chi connectivity index (χ1n) is 11.0. The van der Waals surface area contributed by atoms with Crippen LogP contribution in [0.25, 0.3) is 21.9 Å². The highest BCUT2D eigenvalue weighted by atomic mass is 16.5. The summed E-state index contributed by atoms with van der Waals surface area (Å²) in [6.07, 6.45) is 10.7. The second-order valence-electron chi connectivity index (χ2n) is 8.56. The molecule has 3 aromatic rings. The number of aromatic amines is 1. The smallest absolute Gasteiger partial charge is 0.222 e. The molecule has 30 heavy (non-hydrogen) atoms. The number of aromatic nitrogens is 3. The number of carbonyl (C=O) groups excluding carboxylic acids is 1. The van der Waals surface area contributed by atoms with E-state index in [0.29, 0.717) is 18.2 Å². The fourth-order valence-electron chi connectivity index (χ4n) is 5.01. The zero-order valence-electron chi connectivity index (χ0n) is 17.5. The van der Waals surface area contributed by atoms with Crippen molar-refractivity contribution in [1.82, 2.24) is 19.9 Å². The van der Waals surface area contributed by atoms with Gasteiger partial charge in [0.15, 0.2) is 0 Å². The number of nitrogens with one attached hydrogen (secondary N) is 1. The second-order valence-corrected chi connectivity index (χ2v) is 8.56. The molecule has 0 spiro atoms. The molecule has 1 N–H and O–H groups in total. The largest absolute Gasteiger partial charge is 0.380 e. The van der Waals surface area contributed by atoms with Crippen LogP contribution in [-0.4, -0.2) is 65.2 Å². The summed E-state index contributed by atoms with van der Waals surface area (Å²) in [4.78, 5) is 29.5. The number of methoxy groups -OCH3 is 1. The molecule has 7 heteroatoms. The number of fused-ring (bicyclic) bond motifs is 3. The maximum atomic E-state index is 12.8. The molecule has 158 valence electrons. The number of likely N-dealkylation sites (tertiary alicyclic amines) is 1. The van der Waals surface area contributed by atoms with E-state index in [1.807, 2.05) is 23.5 Å². The number of piperidine rings is 2. The third kappa shape index (κ3) is 3.62. The minimum atomic E-state index is 0.198. The molecule has 0 aliphatic carbocycles. The van der Waals surface area contributed by atoms with E-state index in [2.05, 4.69) is 32.0 Å². The van der Waals surface area contributed by atoms with Crippen molar-refractivity contribution in [1.29, 1.82) is 0 Å². The van der Waals surface area contributed by atoms with E-state index in [0.717, 1.165) is 73.8 Å². The predicted molar refractivity (Wildman–Crippen MR) is 118 cm³/mol. The van der Waals surface area contributed by atoms with E-state index < -0.39 is 0 Å². The molecule has 2 saturated heterocycles. The zero-order valence-corrected chi connectivity index (χ0v) is 17.5. The lowest BCUT2D eigenvalue weighted by atomic mass is 9.92. The average molecular weight is 408 g/mol. The number of ether oxygens (including phenoxy) is 1. The lowest BCUT2D eigenvalue weighted by Gasteiger charge is -2.36.